The Kier molecular flexibility index (Phi) is 5.19. The van der Waals surface area contributed by atoms with E-state index >= 15 is 0 Å². The number of nitrogens with zero attached hydrogens (tertiary/aromatic N) is 3. The molecule has 1 amide bonds. The molecule has 6 rings (SSSR count). The fraction of sp³-hybridized carbons (Fsp3) is 0.636. The topological polar surface area (TPSA) is 103 Å². The second-order valence-corrected chi connectivity index (χ2v) is 10.6. The van der Waals surface area contributed by atoms with Crippen molar-refractivity contribution in [3.8, 4) is 0 Å². The van der Waals surface area contributed by atoms with Crippen LogP contribution in [0.4, 0.5) is 5.82 Å². The lowest BCUT2D eigenvalue weighted by Crippen LogP contribution is -2.56. The second kappa shape index (κ2) is 7.76. The molecule has 4 bridgehead atoms. The Morgan fingerprint density at radius 2 is 1.97 bits per heavy atom. The maximum absolute atomic E-state index is 13.0. The van der Waals surface area contributed by atoms with Crippen molar-refractivity contribution < 1.29 is 14.1 Å². The van der Waals surface area contributed by atoms with Gasteiger partial charge in [-0.3, -0.25) is 4.79 Å². The molecule has 0 radical (unpaired) electrons. The van der Waals surface area contributed by atoms with Crippen molar-refractivity contribution in [3.05, 3.63) is 44.4 Å². The highest BCUT2D eigenvalue weighted by molar-refractivity contribution is 9.10. The van der Waals surface area contributed by atoms with E-state index in [2.05, 4.69) is 33.3 Å². The molecule has 2 aromatic heterocycles. The molecule has 166 valence electrons. The Morgan fingerprint density at radius 3 is 2.52 bits per heavy atom. The van der Waals surface area contributed by atoms with E-state index in [4.69, 9.17) is 4.42 Å². The van der Waals surface area contributed by atoms with Crippen LogP contribution in [0, 0.1) is 33.3 Å². The van der Waals surface area contributed by atoms with Gasteiger partial charge in [0.25, 0.3) is 5.91 Å². The third-order valence-corrected chi connectivity index (χ3v) is 8.17. The molecule has 1 N–H and O–H groups in total. The number of hydrogen-bond donors (Lipinski definition) is 1. The first-order chi connectivity index (χ1) is 14.8. The first-order valence-corrected chi connectivity index (χ1v) is 11.9. The molecular formula is C22H27BrN4O4. The summed E-state index contributed by atoms with van der Waals surface area (Å²) in [5, 5.41) is 18.2. The van der Waals surface area contributed by atoms with Crippen LogP contribution in [0.5, 0.6) is 0 Å². The van der Waals surface area contributed by atoms with Crippen LogP contribution < -0.4 is 5.32 Å². The molecule has 2 heterocycles. The predicted octanol–water partition coefficient (Wildman–Crippen LogP) is 4.92. The normalized spacial score (nSPS) is 29.8. The molecule has 8 nitrogen and oxygen atoms in total. The predicted molar refractivity (Wildman–Crippen MR) is 117 cm³/mol. The number of furan rings is 1. The van der Waals surface area contributed by atoms with Crippen LogP contribution in [0.3, 0.4) is 0 Å². The van der Waals surface area contributed by atoms with Gasteiger partial charge in [0.05, 0.1) is 11.3 Å². The van der Waals surface area contributed by atoms with Gasteiger partial charge < -0.3 is 19.8 Å². The van der Waals surface area contributed by atoms with Crippen molar-refractivity contribution in [1.82, 2.24) is 15.1 Å². The number of aromatic nitrogens is 2. The third-order valence-electron chi connectivity index (χ3n) is 7.61. The van der Waals surface area contributed by atoms with E-state index in [1.165, 1.54) is 49.4 Å². The summed E-state index contributed by atoms with van der Waals surface area (Å²) in [6.45, 7) is 2.38. The molecule has 9 heteroatoms. The average molecular weight is 491 g/mol. The lowest BCUT2D eigenvalue weighted by atomic mass is 9.47. The standard InChI is InChI=1S/C22H27BrN4O4/c1-2-19(22-8-13-5-14(9-22)7-15(6-13)10-22)24-21(28)18-4-3-16(31-18)11-26-12-17(23)20(25-26)27(29)30/h3-4,12-15,19H,2,5-11H2,1H3,(H,24,28). The highest BCUT2D eigenvalue weighted by atomic mass is 79.9. The Bertz CT molecular complexity index is 978. The maximum Gasteiger partial charge on any atom is 0.404 e. The van der Waals surface area contributed by atoms with Crippen molar-refractivity contribution >= 4 is 27.7 Å². The zero-order valence-electron chi connectivity index (χ0n) is 17.6. The first kappa shape index (κ1) is 20.7. The average Bonchev–Trinajstić information content (AvgIpc) is 3.31. The van der Waals surface area contributed by atoms with Gasteiger partial charge in [0.2, 0.25) is 0 Å². The molecule has 0 aliphatic heterocycles. The molecule has 4 saturated carbocycles. The number of hydrogen-bond acceptors (Lipinski definition) is 5. The number of rotatable bonds is 7. The van der Waals surface area contributed by atoms with Gasteiger partial charge in [0.15, 0.2) is 5.76 Å². The lowest BCUT2D eigenvalue weighted by molar-refractivity contribution is -0.390. The van der Waals surface area contributed by atoms with Crippen LogP contribution in [0.25, 0.3) is 0 Å². The Labute approximate surface area is 189 Å². The summed E-state index contributed by atoms with van der Waals surface area (Å²) in [7, 11) is 0. The van der Waals surface area contributed by atoms with Crippen LogP contribution >= 0.6 is 15.9 Å². The molecule has 4 fully saturated rings. The largest absolute Gasteiger partial charge is 0.454 e. The molecule has 0 spiro atoms. The highest BCUT2D eigenvalue weighted by Gasteiger charge is 2.54. The van der Waals surface area contributed by atoms with Crippen molar-refractivity contribution in [2.75, 3.05) is 0 Å². The van der Waals surface area contributed by atoms with Gasteiger partial charge in [-0.15, -0.1) is 0 Å². The molecule has 1 unspecified atom stereocenters. The number of amides is 1. The fourth-order valence-electron chi connectivity index (χ4n) is 6.86. The lowest BCUT2D eigenvalue weighted by Gasteiger charge is -2.59. The molecule has 0 saturated heterocycles. The SMILES string of the molecule is CCC(NC(=O)c1ccc(Cn2cc(Br)c([N+](=O)[O-])n2)o1)C12CC3CC(CC(C3)C1)C2. The maximum atomic E-state index is 13.0. The zero-order valence-corrected chi connectivity index (χ0v) is 19.1. The minimum atomic E-state index is -0.545. The van der Waals surface area contributed by atoms with E-state index in [1.807, 2.05) is 0 Å². The van der Waals surface area contributed by atoms with E-state index < -0.39 is 4.92 Å². The third kappa shape index (κ3) is 3.81. The Balaban J connectivity index is 1.27. The van der Waals surface area contributed by atoms with E-state index in [9.17, 15) is 14.9 Å². The number of carbonyl (C=O) groups is 1. The summed E-state index contributed by atoms with van der Waals surface area (Å²) in [6.07, 6.45) is 10.3. The van der Waals surface area contributed by atoms with Crippen LogP contribution in [0.1, 0.15) is 68.2 Å². The molecule has 2 aromatic rings. The van der Waals surface area contributed by atoms with E-state index in [1.54, 1.807) is 12.1 Å². The van der Waals surface area contributed by atoms with Crippen molar-refractivity contribution in [1.29, 1.82) is 0 Å². The van der Waals surface area contributed by atoms with Crippen LogP contribution in [-0.4, -0.2) is 26.7 Å². The second-order valence-electron chi connectivity index (χ2n) is 9.74. The van der Waals surface area contributed by atoms with Crippen LogP contribution in [-0.2, 0) is 6.54 Å². The van der Waals surface area contributed by atoms with Crippen molar-refractivity contribution in [3.63, 3.8) is 0 Å². The smallest absolute Gasteiger partial charge is 0.404 e. The summed E-state index contributed by atoms with van der Waals surface area (Å²) in [6, 6.07) is 3.57. The minimum Gasteiger partial charge on any atom is -0.454 e. The number of nitrogens with one attached hydrogen (secondary N) is 1. The molecule has 4 aliphatic carbocycles. The van der Waals surface area contributed by atoms with Crippen LogP contribution in [0.2, 0.25) is 0 Å². The van der Waals surface area contributed by atoms with Gasteiger partial charge in [0, 0.05) is 6.04 Å². The quantitative estimate of drug-likeness (QED) is 0.438. The summed E-state index contributed by atoms with van der Waals surface area (Å²) >= 11 is 3.14. The molecule has 4 aliphatic rings. The fourth-order valence-corrected chi connectivity index (χ4v) is 7.32. The first-order valence-electron chi connectivity index (χ1n) is 11.1. The number of nitro groups is 1. The van der Waals surface area contributed by atoms with Gasteiger partial charge in [-0.2, -0.15) is 4.68 Å². The van der Waals surface area contributed by atoms with E-state index in [-0.39, 0.29) is 35.5 Å². The summed E-state index contributed by atoms with van der Waals surface area (Å²) in [5.74, 6) is 2.89. The number of halogens is 1. The number of carbonyl (C=O) groups excluding carboxylic acids is 1. The molecule has 31 heavy (non-hydrogen) atoms. The minimum absolute atomic E-state index is 0.173. The Hall–Kier alpha value is -2.16. The monoisotopic (exact) mass is 490 g/mol. The van der Waals surface area contributed by atoms with Gasteiger partial charge in [-0.05, 0) is 101 Å². The zero-order chi connectivity index (χ0) is 21.8. The molecule has 0 aromatic carbocycles. The van der Waals surface area contributed by atoms with Gasteiger partial charge in [-0.25, -0.2) is 0 Å². The van der Waals surface area contributed by atoms with E-state index in [0.717, 1.165) is 24.2 Å². The van der Waals surface area contributed by atoms with Gasteiger partial charge in [0.1, 0.15) is 16.8 Å². The summed E-state index contributed by atoms with van der Waals surface area (Å²) in [5.41, 5.74) is 0.245. The van der Waals surface area contributed by atoms with Gasteiger partial charge in [-0.1, -0.05) is 6.92 Å². The summed E-state index contributed by atoms with van der Waals surface area (Å²) in [4.78, 5) is 23.4. The molecule has 1 atom stereocenters. The van der Waals surface area contributed by atoms with Crippen LogP contribution in [0.15, 0.2) is 27.2 Å². The van der Waals surface area contributed by atoms with E-state index in [0.29, 0.717) is 10.2 Å². The molecular weight excluding hydrogens is 464 g/mol. The Morgan fingerprint density at radius 1 is 1.32 bits per heavy atom. The summed E-state index contributed by atoms with van der Waals surface area (Å²) < 4.78 is 7.50. The van der Waals surface area contributed by atoms with Crippen molar-refractivity contribution in [2.45, 2.75) is 64.5 Å². The highest BCUT2D eigenvalue weighted by Crippen LogP contribution is 2.61. The van der Waals surface area contributed by atoms with Gasteiger partial charge >= 0.3 is 5.82 Å². The van der Waals surface area contributed by atoms with Crippen molar-refractivity contribution in [2.24, 2.45) is 23.2 Å².